The van der Waals surface area contributed by atoms with Gasteiger partial charge in [-0.25, -0.2) is 4.79 Å². The number of carbonyl (C=O) groups excluding carboxylic acids is 1. The quantitative estimate of drug-likeness (QED) is 0.499. The Kier molecular flexibility index (Phi) is 8.42. The van der Waals surface area contributed by atoms with Gasteiger partial charge >= 0.3 is 5.97 Å². The monoisotopic (exact) mass is 399 g/mol. The second-order valence-electron chi connectivity index (χ2n) is 6.64. The van der Waals surface area contributed by atoms with Gasteiger partial charge in [-0.15, -0.1) is 0 Å². The van der Waals surface area contributed by atoms with Crippen molar-refractivity contribution in [2.24, 2.45) is 0 Å². The average molecular weight is 400 g/mol. The van der Waals surface area contributed by atoms with E-state index in [0.717, 1.165) is 36.6 Å². The third-order valence-corrected chi connectivity index (χ3v) is 4.76. The normalized spacial score (nSPS) is 10.6. The fourth-order valence-electron chi connectivity index (χ4n) is 2.74. The van der Waals surface area contributed by atoms with E-state index in [1.165, 1.54) is 5.56 Å². The predicted molar refractivity (Wildman–Crippen MR) is 120 cm³/mol. The van der Waals surface area contributed by atoms with E-state index in [-0.39, 0.29) is 5.97 Å². The van der Waals surface area contributed by atoms with E-state index in [1.807, 2.05) is 26.0 Å². The number of likely N-dealkylation sites (N-methyl/N-ethyl adjacent to an activating group) is 1. The minimum atomic E-state index is -0.310. The molecular weight excluding hydrogens is 370 g/mol. The molecule has 0 aliphatic rings. The molecule has 150 valence electrons. The van der Waals surface area contributed by atoms with Crippen LogP contribution in [-0.2, 0) is 4.74 Å². The van der Waals surface area contributed by atoms with Crippen LogP contribution in [0.25, 0.3) is 0 Å². The molecule has 0 unspecified atom stereocenters. The summed E-state index contributed by atoms with van der Waals surface area (Å²) in [6, 6.07) is 13.3. The summed E-state index contributed by atoms with van der Waals surface area (Å²) in [5.41, 5.74) is 4.60. The van der Waals surface area contributed by atoms with Crippen molar-refractivity contribution < 1.29 is 9.53 Å². The van der Waals surface area contributed by atoms with E-state index in [4.69, 9.17) is 17.0 Å². The van der Waals surface area contributed by atoms with Crippen LogP contribution in [0.3, 0.4) is 0 Å². The van der Waals surface area contributed by atoms with Gasteiger partial charge in [0.2, 0.25) is 0 Å². The summed E-state index contributed by atoms with van der Waals surface area (Å²) < 4.78 is 5.35. The van der Waals surface area contributed by atoms with Crippen molar-refractivity contribution in [3.8, 4) is 0 Å². The maximum atomic E-state index is 12.1. The van der Waals surface area contributed by atoms with Gasteiger partial charge in [-0.1, -0.05) is 26.0 Å². The van der Waals surface area contributed by atoms with Gasteiger partial charge in [0.25, 0.3) is 0 Å². The van der Waals surface area contributed by atoms with Crippen LogP contribution >= 0.6 is 12.2 Å². The number of hydrogen-bond donors (Lipinski definition) is 2. The van der Waals surface area contributed by atoms with Gasteiger partial charge in [0.05, 0.1) is 5.56 Å². The highest BCUT2D eigenvalue weighted by Crippen LogP contribution is 2.17. The number of aryl methyl sites for hydroxylation is 2. The van der Waals surface area contributed by atoms with Gasteiger partial charge in [-0.05, 0) is 80.6 Å². The number of thiocarbonyl (C=S) groups is 1. The van der Waals surface area contributed by atoms with Gasteiger partial charge in [0, 0.05) is 17.9 Å². The molecule has 28 heavy (non-hydrogen) atoms. The van der Waals surface area contributed by atoms with Crippen LogP contribution in [0.1, 0.15) is 35.3 Å². The molecule has 0 radical (unpaired) electrons. The molecule has 0 aliphatic carbocycles. The Balaban J connectivity index is 1.87. The number of esters is 1. The summed E-state index contributed by atoms with van der Waals surface area (Å²) in [5, 5.41) is 6.85. The lowest BCUT2D eigenvalue weighted by Gasteiger charge is -2.17. The number of benzene rings is 2. The standard InChI is InChI=1S/C22H29N3O2S/c1-5-25(6-2)13-14-27-21(26)18-9-11-19(12-10-18)23-22(28)24-20-15-16(3)7-8-17(20)4/h7-12,15H,5-6,13-14H2,1-4H3,(H2,23,24,28). The maximum Gasteiger partial charge on any atom is 0.338 e. The minimum Gasteiger partial charge on any atom is -0.461 e. The SMILES string of the molecule is CCN(CC)CCOC(=O)c1ccc(NC(=S)Nc2cc(C)ccc2C)cc1. The van der Waals surface area contributed by atoms with Crippen molar-refractivity contribution in [1.82, 2.24) is 4.90 Å². The molecule has 6 heteroatoms. The van der Waals surface area contributed by atoms with E-state index in [0.29, 0.717) is 17.3 Å². The van der Waals surface area contributed by atoms with Crippen molar-refractivity contribution in [1.29, 1.82) is 0 Å². The van der Waals surface area contributed by atoms with Gasteiger partial charge in [0.15, 0.2) is 5.11 Å². The Labute approximate surface area is 173 Å². The third kappa shape index (κ3) is 6.62. The highest BCUT2D eigenvalue weighted by Gasteiger charge is 2.09. The first kappa shape index (κ1) is 21.9. The number of hydrogen-bond acceptors (Lipinski definition) is 4. The van der Waals surface area contributed by atoms with Crippen molar-refractivity contribution in [3.05, 3.63) is 59.2 Å². The van der Waals surface area contributed by atoms with Crippen LogP contribution in [-0.4, -0.2) is 42.2 Å². The van der Waals surface area contributed by atoms with Crippen LogP contribution in [0.5, 0.6) is 0 Å². The molecule has 0 bridgehead atoms. The Morgan fingerprint density at radius 2 is 1.71 bits per heavy atom. The predicted octanol–water partition coefficient (Wildman–Crippen LogP) is 4.61. The number of anilines is 2. The van der Waals surface area contributed by atoms with Gasteiger partial charge < -0.3 is 20.3 Å². The minimum absolute atomic E-state index is 0.310. The Morgan fingerprint density at radius 1 is 1.04 bits per heavy atom. The summed E-state index contributed by atoms with van der Waals surface area (Å²) in [4.78, 5) is 14.4. The number of carbonyl (C=O) groups is 1. The molecule has 0 atom stereocenters. The van der Waals surface area contributed by atoms with Gasteiger partial charge in [0.1, 0.15) is 6.61 Å². The second kappa shape index (κ2) is 10.8. The summed E-state index contributed by atoms with van der Waals surface area (Å²) >= 11 is 5.39. The Hall–Kier alpha value is -2.44. The molecule has 5 nitrogen and oxygen atoms in total. The smallest absolute Gasteiger partial charge is 0.338 e. The third-order valence-electron chi connectivity index (χ3n) is 4.55. The lowest BCUT2D eigenvalue weighted by Crippen LogP contribution is -2.27. The molecule has 0 spiro atoms. The van der Waals surface area contributed by atoms with Crippen molar-refractivity contribution in [2.45, 2.75) is 27.7 Å². The first-order valence-electron chi connectivity index (χ1n) is 9.57. The molecule has 2 aromatic carbocycles. The number of nitrogens with zero attached hydrogens (tertiary/aromatic N) is 1. The molecule has 0 saturated heterocycles. The summed E-state index contributed by atoms with van der Waals surface area (Å²) in [6.45, 7) is 11.3. The first-order valence-corrected chi connectivity index (χ1v) is 9.98. The maximum absolute atomic E-state index is 12.1. The first-order chi connectivity index (χ1) is 13.4. The van der Waals surface area contributed by atoms with E-state index in [2.05, 4.69) is 47.6 Å². The van der Waals surface area contributed by atoms with Crippen LogP contribution < -0.4 is 10.6 Å². The average Bonchev–Trinajstić information content (AvgIpc) is 2.68. The zero-order chi connectivity index (χ0) is 20.5. The molecule has 2 rings (SSSR count). The molecule has 0 heterocycles. The molecule has 0 aromatic heterocycles. The summed E-state index contributed by atoms with van der Waals surface area (Å²) in [6.07, 6.45) is 0. The van der Waals surface area contributed by atoms with E-state index in [1.54, 1.807) is 12.1 Å². The number of ether oxygens (including phenoxy) is 1. The molecule has 0 fully saturated rings. The fraction of sp³-hybridized carbons (Fsp3) is 0.364. The highest BCUT2D eigenvalue weighted by molar-refractivity contribution is 7.80. The largest absolute Gasteiger partial charge is 0.461 e. The zero-order valence-electron chi connectivity index (χ0n) is 17.0. The molecule has 2 aromatic rings. The zero-order valence-corrected chi connectivity index (χ0v) is 17.9. The van der Waals surface area contributed by atoms with Gasteiger partial charge in [-0.3, -0.25) is 0 Å². The lowest BCUT2D eigenvalue weighted by molar-refractivity contribution is 0.0466. The van der Waals surface area contributed by atoms with Crippen molar-refractivity contribution in [2.75, 3.05) is 36.9 Å². The Bertz CT molecular complexity index is 802. The summed E-state index contributed by atoms with van der Waals surface area (Å²) in [5.74, 6) is -0.310. The van der Waals surface area contributed by atoms with Crippen molar-refractivity contribution in [3.63, 3.8) is 0 Å². The van der Waals surface area contributed by atoms with E-state index >= 15 is 0 Å². The van der Waals surface area contributed by atoms with Crippen LogP contribution in [0.2, 0.25) is 0 Å². The molecule has 2 N–H and O–H groups in total. The van der Waals surface area contributed by atoms with E-state index < -0.39 is 0 Å². The van der Waals surface area contributed by atoms with Crippen molar-refractivity contribution >= 4 is 34.7 Å². The Morgan fingerprint density at radius 3 is 2.36 bits per heavy atom. The molecule has 0 amide bonds. The van der Waals surface area contributed by atoms with Gasteiger partial charge in [-0.2, -0.15) is 0 Å². The highest BCUT2D eigenvalue weighted by atomic mass is 32.1. The van der Waals surface area contributed by atoms with Crippen LogP contribution in [0, 0.1) is 13.8 Å². The lowest BCUT2D eigenvalue weighted by atomic mass is 10.1. The van der Waals surface area contributed by atoms with Crippen LogP contribution in [0.4, 0.5) is 11.4 Å². The van der Waals surface area contributed by atoms with E-state index in [9.17, 15) is 4.79 Å². The summed E-state index contributed by atoms with van der Waals surface area (Å²) in [7, 11) is 0. The topological polar surface area (TPSA) is 53.6 Å². The molecular formula is C22H29N3O2S. The molecule has 0 aliphatic heterocycles. The number of nitrogens with one attached hydrogen (secondary N) is 2. The number of rotatable bonds is 8. The molecule has 0 saturated carbocycles. The fourth-order valence-corrected chi connectivity index (χ4v) is 2.96. The van der Waals surface area contributed by atoms with Crippen LogP contribution in [0.15, 0.2) is 42.5 Å². The second-order valence-corrected chi connectivity index (χ2v) is 7.05.